The van der Waals surface area contributed by atoms with Gasteiger partial charge in [0.15, 0.2) is 0 Å². The van der Waals surface area contributed by atoms with Gasteiger partial charge in [-0.2, -0.15) is 5.10 Å². The Kier molecular flexibility index (Phi) is 5.38. The van der Waals surface area contributed by atoms with Crippen LogP contribution in [0.3, 0.4) is 0 Å². The molecule has 1 fully saturated rings. The van der Waals surface area contributed by atoms with E-state index in [1.54, 1.807) is 18.0 Å². The summed E-state index contributed by atoms with van der Waals surface area (Å²) in [6.45, 7) is 1.96. The van der Waals surface area contributed by atoms with E-state index in [1.807, 2.05) is 37.4 Å². The fourth-order valence-corrected chi connectivity index (χ4v) is 3.19. The van der Waals surface area contributed by atoms with Crippen LogP contribution in [0, 0.1) is 5.92 Å². The lowest BCUT2D eigenvalue weighted by molar-refractivity contribution is -0.127. The predicted molar refractivity (Wildman–Crippen MR) is 94.6 cm³/mol. The van der Waals surface area contributed by atoms with Crippen LogP contribution < -0.4 is 10.1 Å². The third-order valence-corrected chi connectivity index (χ3v) is 4.87. The molecule has 0 aliphatic heterocycles. The van der Waals surface area contributed by atoms with E-state index in [0.717, 1.165) is 29.8 Å². The minimum atomic E-state index is -0.246. The molecule has 0 unspecified atom stereocenters. The molecule has 2 aromatic rings. The fraction of sp³-hybridized carbons (Fsp3) is 0.474. The molecule has 25 heavy (non-hydrogen) atoms. The minimum Gasteiger partial charge on any atom is -0.497 e. The minimum absolute atomic E-state index is 0.00230. The molecule has 1 amide bonds. The maximum absolute atomic E-state index is 12.4. The van der Waals surface area contributed by atoms with E-state index in [0.29, 0.717) is 12.8 Å². The molecule has 1 saturated carbocycles. The summed E-state index contributed by atoms with van der Waals surface area (Å²) >= 11 is 0. The molecule has 2 N–H and O–H groups in total. The van der Waals surface area contributed by atoms with Crippen LogP contribution in [0.5, 0.6) is 5.75 Å². The Morgan fingerprint density at radius 3 is 2.60 bits per heavy atom. The molecule has 3 rings (SSSR count). The third kappa shape index (κ3) is 4.20. The van der Waals surface area contributed by atoms with Gasteiger partial charge >= 0.3 is 0 Å². The van der Waals surface area contributed by atoms with Crippen molar-refractivity contribution in [2.24, 2.45) is 5.92 Å². The summed E-state index contributed by atoms with van der Waals surface area (Å²) in [5, 5.41) is 17.0. The van der Waals surface area contributed by atoms with Gasteiger partial charge in [0.25, 0.3) is 0 Å². The number of amides is 1. The Labute approximate surface area is 147 Å². The van der Waals surface area contributed by atoms with E-state index >= 15 is 0 Å². The molecular weight excluding hydrogens is 318 g/mol. The van der Waals surface area contributed by atoms with E-state index in [4.69, 9.17) is 4.74 Å². The van der Waals surface area contributed by atoms with Crippen LogP contribution in [0.1, 0.15) is 44.2 Å². The second-order valence-corrected chi connectivity index (χ2v) is 6.65. The normalized spacial score (nSPS) is 21.6. The summed E-state index contributed by atoms with van der Waals surface area (Å²) in [5.74, 6) is 0.869. The van der Waals surface area contributed by atoms with Gasteiger partial charge in [-0.3, -0.25) is 4.79 Å². The summed E-state index contributed by atoms with van der Waals surface area (Å²) in [4.78, 5) is 12.4. The molecule has 1 heterocycles. The quantitative estimate of drug-likeness (QED) is 0.875. The first-order chi connectivity index (χ1) is 12.1. The standard InChI is InChI=1S/C19H25N3O3/c1-13(21-19(24)14-3-7-17(23)8-4-14)15-11-20-22(12-15)16-5-9-18(25-2)10-6-16/h5-6,9-14,17,23H,3-4,7-8H2,1-2H3,(H,21,24)/t13-,14?,17?/m1/s1. The first-order valence-corrected chi connectivity index (χ1v) is 8.74. The lowest BCUT2D eigenvalue weighted by Gasteiger charge is -2.25. The number of benzene rings is 1. The van der Waals surface area contributed by atoms with Crippen molar-refractivity contribution in [2.75, 3.05) is 7.11 Å². The van der Waals surface area contributed by atoms with Gasteiger partial charge in [0.05, 0.1) is 31.1 Å². The van der Waals surface area contributed by atoms with Crippen LogP contribution in [0.15, 0.2) is 36.7 Å². The van der Waals surface area contributed by atoms with E-state index < -0.39 is 0 Å². The molecule has 1 aromatic carbocycles. The van der Waals surface area contributed by atoms with Crippen LogP contribution in [0.4, 0.5) is 0 Å². The van der Waals surface area contributed by atoms with Crippen LogP contribution >= 0.6 is 0 Å². The van der Waals surface area contributed by atoms with Crippen molar-refractivity contribution < 1.29 is 14.6 Å². The lowest BCUT2D eigenvalue weighted by Crippen LogP contribution is -2.35. The Morgan fingerprint density at radius 1 is 1.28 bits per heavy atom. The first kappa shape index (κ1) is 17.5. The highest BCUT2D eigenvalue weighted by atomic mass is 16.5. The Balaban J connectivity index is 1.61. The Bertz CT molecular complexity index is 703. The van der Waals surface area contributed by atoms with Gasteiger partial charge in [-0.25, -0.2) is 4.68 Å². The first-order valence-electron chi connectivity index (χ1n) is 8.74. The number of hydrogen-bond acceptors (Lipinski definition) is 4. The average molecular weight is 343 g/mol. The average Bonchev–Trinajstić information content (AvgIpc) is 3.12. The van der Waals surface area contributed by atoms with Crippen molar-refractivity contribution in [1.82, 2.24) is 15.1 Å². The van der Waals surface area contributed by atoms with E-state index in [9.17, 15) is 9.90 Å². The molecule has 1 aromatic heterocycles. The second-order valence-electron chi connectivity index (χ2n) is 6.65. The maximum Gasteiger partial charge on any atom is 0.223 e. The topological polar surface area (TPSA) is 76.4 Å². The van der Waals surface area contributed by atoms with Crippen molar-refractivity contribution in [1.29, 1.82) is 0 Å². The van der Waals surface area contributed by atoms with Gasteiger partial charge < -0.3 is 15.2 Å². The van der Waals surface area contributed by atoms with Crippen molar-refractivity contribution in [3.05, 3.63) is 42.2 Å². The number of nitrogens with one attached hydrogen (secondary N) is 1. The SMILES string of the molecule is COc1ccc(-n2cc([C@@H](C)NC(=O)C3CCC(O)CC3)cn2)cc1. The number of aliphatic hydroxyl groups excluding tert-OH is 1. The molecule has 134 valence electrons. The zero-order valence-electron chi connectivity index (χ0n) is 14.7. The molecule has 1 aliphatic carbocycles. The maximum atomic E-state index is 12.4. The molecule has 0 spiro atoms. The monoisotopic (exact) mass is 343 g/mol. The second kappa shape index (κ2) is 7.70. The van der Waals surface area contributed by atoms with Gasteiger partial charge in [0.1, 0.15) is 5.75 Å². The van der Waals surface area contributed by atoms with E-state index in [1.165, 1.54) is 0 Å². The largest absolute Gasteiger partial charge is 0.497 e. The van der Waals surface area contributed by atoms with Crippen molar-refractivity contribution >= 4 is 5.91 Å². The Morgan fingerprint density at radius 2 is 1.96 bits per heavy atom. The highest BCUT2D eigenvalue weighted by molar-refractivity contribution is 5.79. The Hall–Kier alpha value is -2.34. The van der Waals surface area contributed by atoms with Crippen LogP contribution in [0.2, 0.25) is 0 Å². The molecule has 6 nitrogen and oxygen atoms in total. The number of aliphatic hydroxyl groups is 1. The summed E-state index contributed by atoms with van der Waals surface area (Å²) < 4.78 is 6.95. The van der Waals surface area contributed by atoms with Crippen LogP contribution in [-0.4, -0.2) is 34.0 Å². The zero-order valence-corrected chi connectivity index (χ0v) is 14.7. The molecule has 0 saturated heterocycles. The molecule has 6 heteroatoms. The number of methoxy groups -OCH3 is 1. The summed E-state index contributed by atoms with van der Waals surface area (Å²) in [5.41, 5.74) is 1.90. The van der Waals surface area contributed by atoms with Gasteiger partial charge in [0, 0.05) is 17.7 Å². The van der Waals surface area contributed by atoms with Crippen molar-refractivity contribution in [3.63, 3.8) is 0 Å². The number of carbonyl (C=O) groups excluding carboxylic acids is 1. The summed E-state index contributed by atoms with van der Waals surface area (Å²) in [6, 6.07) is 7.54. The zero-order chi connectivity index (χ0) is 17.8. The molecule has 0 radical (unpaired) electrons. The number of ether oxygens (including phenoxy) is 1. The van der Waals surface area contributed by atoms with Crippen molar-refractivity contribution in [2.45, 2.75) is 44.8 Å². The van der Waals surface area contributed by atoms with Gasteiger partial charge in [0.2, 0.25) is 5.91 Å². The molecule has 1 aliphatic rings. The van der Waals surface area contributed by atoms with Crippen LogP contribution in [-0.2, 0) is 4.79 Å². The molecular formula is C19H25N3O3. The smallest absolute Gasteiger partial charge is 0.223 e. The lowest BCUT2D eigenvalue weighted by atomic mass is 9.86. The third-order valence-electron chi connectivity index (χ3n) is 4.87. The predicted octanol–water partition coefficient (Wildman–Crippen LogP) is 2.61. The summed E-state index contributed by atoms with van der Waals surface area (Å²) in [6.07, 6.45) is 6.39. The van der Waals surface area contributed by atoms with E-state index in [-0.39, 0.29) is 24.0 Å². The number of hydrogen-bond donors (Lipinski definition) is 2. The van der Waals surface area contributed by atoms with Gasteiger partial charge in [-0.05, 0) is 56.9 Å². The molecule has 1 atom stereocenters. The number of carbonyl (C=O) groups is 1. The van der Waals surface area contributed by atoms with E-state index in [2.05, 4.69) is 10.4 Å². The molecule has 0 bridgehead atoms. The van der Waals surface area contributed by atoms with Gasteiger partial charge in [-0.1, -0.05) is 0 Å². The number of aromatic nitrogens is 2. The number of rotatable bonds is 5. The van der Waals surface area contributed by atoms with Crippen molar-refractivity contribution in [3.8, 4) is 11.4 Å². The fourth-order valence-electron chi connectivity index (χ4n) is 3.19. The summed E-state index contributed by atoms with van der Waals surface area (Å²) in [7, 11) is 1.64. The number of nitrogens with zero attached hydrogens (tertiary/aromatic N) is 2. The van der Waals surface area contributed by atoms with Crippen LogP contribution in [0.25, 0.3) is 5.69 Å². The highest BCUT2D eigenvalue weighted by Gasteiger charge is 2.26. The van der Waals surface area contributed by atoms with Gasteiger partial charge in [-0.15, -0.1) is 0 Å². The highest BCUT2D eigenvalue weighted by Crippen LogP contribution is 2.25.